The summed E-state index contributed by atoms with van der Waals surface area (Å²) in [5.41, 5.74) is 18.2. The molecule has 0 spiro atoms. The summed E-state index contributed by atoms with van der Waals surface area (Å²) in [6.07, 6.45) is 6.50. The third-order valence-electron chi connectivity index (χ3n) is 22.6. The van der Waals surface area contributed by atoms with Crippen LogP contribution in [0.1, 0.15) is 241 Å². The molecule has 0 saturated carbocycles. The fourth-order valence-corrected chi connectivity index (χ4v) is 21.1. The standard InChI is InChI=1S/C25H23ClN6O2S.C25H29ClN4O3S.C24H24ClN7OS.C23H25ClN4O2S/c1-13-5-10-19(34-13)12-27-30-21(33)11-20-24-31-29-16(4)32(24)25-22(14(2)15(3)35-25)23(28-20)17-6-8-18(26)9-7-17;1-14-15(2)34-24-21(14)22(16-7-9-17(26)10-8-16)27-18(13-20(31)33-25(3,4)5)23-29-28-19(30(23)24)11-12-32-6;1-13-14(2)34-24-21(13)22(16-4-6-17(25)7-5-16)29-19(23-31-30-15(3)32(23)24)10-20(33)27-9-8-18-11-26-12-28-18;1-12-13(2)31-22-19(12)20(15-7-9-16(24)10-8-15)25-17(11-18(29)30-23(4,5)6)21-27-26-14(3)28(21)22/h5-10,12,20H,11H2,1-4H3,(H,30,33);7-10,18H,11-13H2,1-6H3;4-7,11-12,19H,8-10H2,1-3H3,(H,26,28)(H,27,33);7-10,17H,11H2,1-6H3/b27-12+;;;/t20-;18-;19-;17-/m0000/s1. The summed E-state index contributed by atoms with van der Waals surface area (Å²) < 4.78 is 30.1. The Morgan fingerprint density at radius 3 is 1.13 bits per heavy atom. The van der Waals surface area contributed by atoms with Gasteiger partial charge in [-0.1, -0.05) is 94.9 Å². The number of carbonyl (C=O) groups excluding carboxylic acids is 4. The zero-order chi connectivity index (χ0) is 95.6. The first-order valence-electron chi connectivity index (χ1n) is 43.4. The number of benzene rings is 4. The number of H-pyrrole nitrogens is 1. The first-order valence-corrected chi connectivity index (χ1v) is 48.2. The van der Waals surface area contributed by atoms with Gasteiger partial charge in [0.15, 0.2) is 23.3 Å². The van der Waals surface area contributed by atoms with E-state index in [1.54, 1.807) is 71.0 Å². The minimum atomic E-state index is -0.589. The molecular weight excluding hydrogens is 1860 g/mol. The van der Waals surface area contributed by atoms with Crippen molar-refractivity contribution in [3.05, 3.63) is 292 Å². The van der Waals surface area contributed by atoms with E-state index in [-0.39, 0.29) is 49.4 Å². The molecule has 0 aliphatic carbocycles. The van der Waals surface area contributed by atoms with Crippen LogP contribution in [0.25, 0.3) is 20.0 Å². The molecule has 0 bridgehead atoms. The van der Waals surface area contributed by atoms with Gasteiger partial charge in [-0.3, -0.25) is 57.4 Å². The summed E-state index contributed by atoms with van der Waals surface area (Å²) >= 11 is 31.3. The monoisotopic (exact) mass is 1960 g/mol. The van der Waals surface area contributed by atoms with Gasteiger partial charge in [0.1, 0.15) is 90.2 Å². The Hall–Kier alpha value is -11.9. The highest BCUT2D eigenvalue weighted by Crippen LogP contribution is 2.46. The number of hydrazone groups is 1. The number of hydrogen-bond donors (Lipinski definition) is 3. The predicted octanol–water partition coefficient (Wildman–Crippen LogP) is 20.5. The molecule has 3 N–H and O–H groups in total. The number of fused-ring (bicyclic) bond motifs is 12. The van der Waals surface area contributed by atoms with Gasteiger partial charge in [-0.25, -0.2) is 10.4 Å². The fraction of sp³-hybridized carbons (Fsp3) is 0.340. The van der Waals surface area contributed by atoms with E-state index in [0.29, 0.717) is 75.1 Å². The van der Waals surface area contributed by atoms with Crippen molar-refractivity contribution < 1.29 is 37.8 Å². The molecule has 0 unspecified atom stereocenters. The first kappa shape index (κ1) is 96.6. The Morgan fingerprint density at radius 1 is 0.448 bits per heavy atom. The normalized spacial score (nSPS) is 15.2. The summed E-state index contributed by atoms with van der Waals surface area (Å²) in [7, 11) is 1.66. The van der Waals surface area contributed by atoms with Crippen molar-refractivity contribution in [2.24, 2.45) is 25.1 Å². The Morgan fingerprint density at radius 2 is 0.791 bits per heavy atom. The summed E-state index contributed by atoms with van der Waals surface area (Å²) in [5, 5.41) is 48.9. The van der Waals surface area contributed by atoms with Crippen molar-refractivity contribution in [3.8, 4) is 20.0 Å². The van der Waals surface area contributed by atoms with E-state index < -0.39 is 35.4 Å². The molecule has 10 aromatic heterocycles. The van der Waals surface area contributed by atoms with E-state index in [1.165, 1.54) is 25.7 Å². The average molecular weight is 1960 g/mol. The van der Waals surface area contributed by atoms with Crippen molar-refractivity contribution >= 4 is 145 Å². The van der Waals surface area contributed by atoms with Gasteiger partial charge >= 0.3 is 11.9 Å². The lowest BCUT2D eigenvalue weighted by atomic mass is 9.99. The molecular formula is C97H101Cl4N21O8S4. The second-order valence-electron chi connectivity index (χ2n) is 34.6. The number of thiophene rings is 4. The van der Waals surface area contributed by atoms with Crippen LogP contribution in [0.3, 0.4) is 0 Å². The molecule has 37 heteroatoms. The van der Waals surface area contributed by atoms with Gasteiger partial charge in [0.25, 0.3) is 0 Å². The molecule has 0 radical (unpaired) electrons. The maximum Gasteiger partial charge on any atom is 0.308 e. The number of methoxy groups -OCH3 is 1. The molecule has 14 aromatic rings. The Labute approximate surface area is 811 Å². The van der Waals surface area contributed by atoms with Crippen molar-refractivity contribution in [2.75, 3.05) is 20.3 Å². The van der Waals surface area contributed by atoms with Crippen LogP contribution in [0, 0.1) is 83.1 Å². The minimum absolute atomic E-state index is 0.0523. The van der Waals surface area contributed by atoms with Gasteiger partial charge in [-0.15, -0.1) is 86.1 Å². The number of hydrogen-bond acceptors (Lipinski definition) is 26. The average Bonchev–Trinajstić information content (AvgIpc) is 1.61. The highest BCUT2D eigenvalue weighted by molar-refractivity contribution is 7.16. The number of aromatic amines is 1. The smallest absolute Gasteiger partial charge is 0.308 e. The molecule has 0 saturated heterocycles. The van der Waals surface area contributed by atoms with Gasteiger partial charge < -0.3 is 28.9 Å². The molecule has 14 heterocycles. The number of nitrogens with zero attached hydrogens (tertiary/aromatic N) is 18. The van der Waals surface area contributed by atoms with Crippen molar-refractivity contribution in [1.82, 2.24) is 79.8 Å². The maximum atomic E-state index is 12.9. The van der Waals surface area contributed by atoms with Crippen LogP contribution in [0.4, 0.5) is 0 Å². The van der Waals surface area contributed by atoms with Gasteiger partial charge in [0, 0.05) is 122 Å². The van der Waals surface area contributed by atoms with E-state index >= 15 is 0 Å². The lowest BCUT2D eigenvalue weighted by Crippen LogP contribution is -2.27. The Bertz CT molecular complexity index is 6910. The van der Waals surface area contributed by atoms with E-state index in [1.807, 2.05) is 181 Å². The number of carbonyl (C=O) groups is 4. The predicted molar refractivity (Wildman–Crippen MR) is 529 cm³/mol. The van der Waals surface area contributed by atoms with Crippen LogP contribution in [0.2, 0.25) is 20.1 Å². The van der Waals surface area contributed by atoms with Crippen LogP contribution in [0.15, 0.2) is 151 Å². The number of nitrogens with one attached hydrogen (secondary N) is 3. The molecule has 4 aliphatic heterocycles. The molecule has 29 nitrogen and oxygen atoms in total. The third kappa shape index (κ3) is 21.4. The second-order valence-corrected chi connectivity index (χ2v) is 41.2. The van der Waals surface area contributed by atoms with Crippen LogP contribution in [0.5, 0.6) is 0 Å². The number of ether oxygens (including phenoxy) is 3. The largest absolute Gasteiger partial charge is 0.460 e. The second kappa shape index (κ2) is 40.7. The van der Waals surface area contributed by atoms with Crippen molar-refractivity contribution in [1.29, 1.82) is 0 Å². The zero-order valence-electron chi connectivity index (χ0n) is 77.6. The summed E-state index contributed by atoms with van der Waals surface area (Å²) in [6.45, 7) is 36.6. The van der Waals surface area contributed by atoms with Crippen LogP contribution in [-0.4, -0.2) is 153 Å². The van der Waals surface area contributed by atoms with Gasteiger partial charge in [-0.2, -0.15) is 5.10 Å². The molecule has 4 atom stereocenters. The van der Waals surface area contributed by atoms with Crippen molar-refractivity contribution in [2.45, 2.75) is 199 Å². The first-order chi connectivity index (χ1) is 63.9. The quantitative estimate of drug-likeness (QED) is 0.0362. The summed E-state index contributed by atoms with van der Waals surface area (Å²) in [5.74, 6) is 5.93. The van der Waals surface area contributed by atoms with Gasteiger partial charge in [0.05, 0.1) is 67.7 Å². The number of rotatable bonds is 20. The van der Waals surface area contributed by atoms with E-state index in [2.05, 4.69) is 131 Å². The summed E-state index contributed by atoms with van der Waals surface area (Å²) in [4.78, 5) is 83.6. The Kier molecular flexibility index (Phi) is 29.4. The molecule has 4 aromatic carbocycles. The van der Waals surface area contributed by atoms with E-state index in [9.17, 15) is 19.2 Å². The molecule has 18 rings (SSSR count). The lowest BCUT2D eigenvalue weighted by Gasteiger charge is -2.21. The number of imidazole rings is 1. The van der Waals surface area contributed by atoms with Crippen molar-refractivity contribution in [3.63, 3.8) is 0 Å². The zero-order valence-corrected chi connectivity index (χ0v) is 83.8. The Balaban J connectivity index is 0.000000136. The summed E-state index contributed by atoms with van der Waals surface area (Å²) in [6, 6.07) is 32.0. The number of aryl methyl sites for hydroxylation is 8. The number of aromatic nitrogens is 14. The number of furan rings is 1. The van der Waals surface area contributed by atoms with Crippen LogP contribution >= 0.6 is 91.8 Å². The highest BCUT2D eigenvalue weighted by atomic mass is 35.5. The van der Waals surface area contributed by atoms with E-state index in [4.69, 9.17) is 85.0 Å². The lowest BCUT2D eigenvalue weighted by molar-refractivity contribution is -0.156. The number of amides is 2. The van der Waals surface area contributed by atoms with Crippen LogP contribution < -0.4 is 10.7 Å². The van der Waals surface area contributed by atoms with Gasteiger partial charge in [0.2, 0.25) is 11.8 Å². The molecule has 694 valence electrons. The van der Waals surface area contributed by atoms with Crippen LogP contribution in [-0.2, 0) is 46.2 Å². The molecule has 4 aliphatic rings. The maximum absolute atomic E-state index is 12.9. The number of esters is 2. The molecule has 0 fully saturated rings. The SMILES string of the molecule is COCCc1nnc2n1-c1sc(C)c(C)c1C(c1ccc(Cl)cc1)=N[C@H]2CC(=O)OC(C)(C)C.Cc1ccc(/C=N/NC(=O)C[C@@H]2N=C(c3ccc(Cl)cc3)c3c(sc(C)c3C)-n3c(C)nnc32)o1.Cc1sc2c(c1C)C(c1ccc(Cl)cc1)=N[C@@H](CC(=O)NCCc1cnc[nH]1)c1nnc(C)n1-2.Cc1sc2c(c1C)C(c1ccc(Cl)cc1)=N[C@@H](CC(=O)OC(C)(C)C)c1nnc(C)n1-2. The third-order valence-corrected chi connectivity index (χ3v) is 28.4. The molecule has 134 heavy (non-hydrogen) atoms. The topological polar surface area (TPSA) is 346 Å². The molecule has 2 amide bonds. The van der Waals surface area contributed by atoms with E-state index in [0.717, 1.165) is 144 Å². The van der Waals surface area contributed by atoms with Gasteiger partial charge in [-0.05, 0) is 208 Å². The minimum Gasteiger partial charge on any atom is -0.460 e. The number of aliphatic imine (C=N–C) groups is 4. The fourth-order valence-electron chi connectivity index (χ4n) is 15.8. The number of halogens is 4. The highest BCUT2D eigenvalue weighted by Gasteiger charge is 2.40.